The number of rotatable bonds is 4. The van der Waals surface area contributed by atoms with Crippen LogP contribution in [0.3, 0.4) is 0 Å². The van der Waals surface area contributed by atoms with Crippen LogP contribution in [0.2, 0.25) is 0 Å². The Morgan fingerprint density at radius 1 is 1.09 bits per heavy atom. The van der Waals surface area contributed by atoms with E-state index < -0.39 is 72.7 Å². The van der Waals surface area contributed by atoms with Crippen molar-refractivity contribution in [3.63, 3.8) is 0 Å². The molecule has 0 radical (unpaired) electrons. The third-order valence-corrected chi connectivity index (χ3v) is 4.28. The Morgan fingerprint density at radius 2 is 1.61 bits per heavy atom. The zero-order valence-electron chi connectivity index (χ0n) is 27.4. The fraction of sp³-hybridized carbons (Fsp3) is 0.913. The summed E-state index contributed by atoms with van der Waals surface area (Å²) in [5, 5.41) is 31.5. The molecule has 1 aliphatic rings. The lowest BCUT2D eigenvalue weighted by Gasteiger charge is -2.38. The molecule has 4 N–H and O–H groups in total. The van der Waals surface area contributed by atoms with Crippen LogP contribution in [0.4, 0.5) is 9.59 Å². The lowest BCUT2D eigenvalue weighted by molar-refractivity contribution is -0.0757. The Morgan fingerprint density at radius 3 is 2.00 bits per heavy atom. The number of carbonyl (C=O) groups excluding carboxylic acids is 2. The smallest absolute Gasteiger partial charge is 0.413 e. The summed E-state index contributed by atoms with van der Waals surface area (Å²) in [4.78, 5) is 25.0. The minimum absolute atomic E-state index is 0.0718. The van der Waals surface area contributed by atoms with Gasteiger partial charge < -0.3 is 34.8 Å². The van der Waals surface area contributed by atoms with Crippen molar-refractivity contribution in [2.75, 3.05) is 13.2 Å². The Bertz CT molecular complexity index is 846. The first-order valence-electron chi connectivity index (χ1n) is 13.6. The van der Waals surface area contributed by atoms with E-state index in [-0.39, 0.29) is 6.61 Å². The van der Waals surface area contributed by atoms with E-state index in [9.17, 15) is 19.8 Å². The lowest BCUT2D eigenvalue weighted by Crippen LogP contribution is -2.56. The van der Waals surface area contributed by atoms with Crippen LogP contribution in [-0.4, -0.2) is 85.8 Å². The molecule has 0 aromatic heterocycles. The Kier molecular flexibility index (Phi) is 7.13. The summed E-state index contributed by atoms with van der Waals surface area (Å²) in [7, 11) is 0. The average molecular weight is 485 g/mol. The van der Waals surface area contributed by atoms with Crippen LogP contribution < -0.4 is 5.32 Å². The van der Waals surface area contributed by atoms with Crippen molar-refractivity contribution in [2.24, 2.45) is 0 Å². The van der Waals surface area contributed by atoms with Gasteiger partial charge >= 0.3 is 12.2 Å². The summed E-state index contributed by atoms with van der Waals surface area (Å²) in [6.07, 6.45) is -1.61. The van der Waals surface area contributed by atoms with E-state index in [4.69, 9.17) is 27.5 Å². The molecule has 33 heavy (non-hydrogen) atoms. The minimum atomic E-state index is -2.74. The third-order valence-electron chi connectivity index (χ3n) is 4.28. The number of ether oxygens (including phenoxy) is 3. The maximum absolute atomic E-state index is 12.4. The van der Waals surface area contributed by atoms with Gasteiger partial charge in [0.05, 0.1) is 36.5 Å². The number of aliphatic hydroxyl groups excluding tert-OH is 1. The predicted octanol–water partition coefficient (Wildman–Crippen LogP) is 2.77. The number of aliphatic hydroxyl groups is 3. The number of nitrogens with zero attached hydrogens (tertiary/aromatic N) is 1. The maximum atomic E-state index is 12.4. The second-order valence-electron chi connectivity index (χ2n) is 10.8. The van der Waals surface area contributed by atoms with Gasteiger partial charge in [-0.3, -0.25) is 4.90 Å². The molecule has 1 saturated heterocycles. The van der Waals surface area contributed by atoms with Crippen molar-refractivity contribution in [3.05, 3.63) is 0 Å². The molecule has 1 aliphatic heterocycles. The van der Waals surface area contributed by atoms with Crippen LogP contribution in [0.15, 0.2) is 0 Å². The van der Waals surface area contributed by atoms with Crippen molar-refractivity contribution in [3.8, 4) is 0 Å². The summed E-state index contributed by atoms with van der Waals surface area (Å²) in [5.74, 6) is 0. The standard InChI is InChI=1S/C13H25NO4.C10H21NO4/c1-11(2,3)18-10(15)14-9(12(4,5)16)8-17-13(14,6)7;1-9(2,3)15-8(13)11-7(6-12)10(4,5)14/h9,16H,8H2,1-7H3;7,12,14H,6H2,1-5H3,(H,11,13)/t;7-/m.1/s1/i2*4D3/t9?,12-;7-,10+/m01/s1. The lowest BCUT2D eigenvalue weighted by atomic mass is 9.98. The van der Waals surface area contributed by atoms with Crippen molar-refractivity contribution in [2.45, 2.75) is 123 Å². The number of carbonyl (C=O) groups is 2. The Balaban J connectivity index is 0.000000751. The highest BCUT2D eigenvalue weighted by molar-refractivity contribution is 5.70. The molecule has 0 aromatic rings. The fourth-order valence-electron chi connectivity index (χ4n) is 2.69. The van der Waals surface area contributed by atoms with E-state index in [1.54, 1.807) is 55.4 Å². The zero-order valence-corrected chi connectivity index (χ0v) is 21.4. The quantitative estimate of drug-likeness (QED) is 0.478. The molecule has 0 aliphatic carbocycles. The molecule has 4 atom stereocenters. The topological polar surface area (TPSA) is 138 Å². The van der Waals surface area contributed by atoms with Gasteiger partial charge in [0.1, 0.15) is 16.9 Å². The van der Waals surface area contributed by atoms with E-state index in [0.29, 0.717) is 0 Å². The minimum Gasteiger partial charge on any atom is -0.444 e. The summed E-state index contributed by atoms with van der Waals surface area (Å²) in [6.45, 7) is 9.36. The maximum Gasteiger partial charge on any atom is 0.413 e. The normalized spacial score (nSPS) is 26.2. The molecule has 1 heterocycles. The monoisotopic (exact) mass is 484 g/mol. The SMILES string of the molecule is [2H]C([2H])([2H])[C@@](C)(O)C1COC(C)(C)N1C(=O)OC(C)(C)C.[2H]C([2H])([2H])[C@@](C)(O)[C@@H](CO)NC(=O)OC(C)(C)C. The van der Waals surface area contributed by atoms with E-state index in [1.165, 1.54) is 11.8 Å². The highest BCUT2D eigenvalue weighted by Gasteiger charge is 2.50. The van der Waals surface area contributed by atoms with Crippen LogP contribution in [-0.2, 0) is 14.2 Å². The number of amides is 2. The van der Waals surface area contributed by atoms with Crippen LogP contribution in [0.1, 0.15) is 91.2 Å². The van der Waals surface area contributed by atoms with Crippen molar-refractivity contribution < 1.29 is 47.3 Å². The van der Waals surface area contributed by atoms with Crippen LogP contribution in [0.25, 0.3) is 0 Å². The van der Waals surface area contributed by atoms with Crippen LogP contribution >= 0.6 is 0 Å². The molecule has 0 aromatic carbocycles. The second-order valence-corrected chi connectivity index (χ2v) is 10.8. The first kappa shape index (κ1) is 21.9. The average Bonchev–Trinajstić information content (AvgIpc) is 2.97. The number of hydrogen-bond donors (Lipinski definition) is 4. The van der Waals surface area contributed by atoms with Gasteiger partial charge in [-0.05, 0) is 82.9 Å². The summed E-state index contributed by atoms with van der Waals surface area (Å²) >= 11 is 0. The molecule has 0 saturated carbocycles. The van der Waals surface area contributed by atoms with Crippen molar-refractivity contribution in [1.29, 1.82) is 0 Å². The van der Waals surface area contributed by atoms with Crippen LogP contribution in [0.5, 0.6) is 0 Å². The number of nitrogens with one attached hydrogen (secondary N) is 1. The molecule has 10 heteroatoms. The molecule has 10 nitrogen and oxygen atoms in total. The molecule has 1 fully saturated rings. The highest BCUT2D eigenvalue weighted by Crippen LogP contribution is 2.34. The molecular weight excluding hydrogens is 432 g/mol. The van der Waals surface area contributed by atoms with Gasteiger partial charge in [0.2, 0.25) is 0 Å². The zero-order chi connectivity index (χ0) is 31.6. The number of alkyl carbamates (subject to hydrolysis) is 1. The molecule has 2 amide bonds. The Labute approximate surface area is 207 Å². The summed E-state index contributed by atoms with van der Waals surface area (Å²) in [6, 6.07) is -2.37. The molecular formula is C23H46N2O8. The largest absolute Gasteiger partial charge is 0.444 e. The van der Waals surface area contributed by atoms with Gasteiger partial charge in [-0.15, -0.1) is 0 Å². The van der Waals surface area contributed by atoms with E-state index in [0.717, 1.165) is 6.92 Å². The molecule has 0 spiro atoms. The van der Waals surface area contributed by atoms with Gasteiger partial charge in [0, 0.05) is 8.22 Å². The van der Waals surface area contributed by atoms with E-state index >= 15 is 0 Å². The van der Waals surface area contributed by atoms with Gasteiger partial charge in [0.25, 0.3) is 0 Å². The number of hydrogen-bond acceptors (Lipinski definition) is 8. The Hall–Kier alpha value is -1.62. The summed E-state index contributed by atoms with van der Waals surface area (Å²) in [5.41, 5.74) is -6.89. The summed E-state index contributed by atoms with van der Waals surface area (Å²) < 4.78 is 59.7. The first-order valence-corrected chi connectivity index (χ1v) is 10.6. The van der Waals surface area contributed by atoms with E-state index in [1.807, 2.05) is 0 Å². The van der Waals surface area contributed by atoms with Gasteiger partial charge in [0.15, 0.2) is 0 Å². The fourth-order valence-corrected chi connectivity index (χ4v) is 2.69. The highest BCUT2D eigenvalue weighted by atomic mass is 16.6. The molecule has 196 valence electrons. The third kappa shape index (κ3) is 11.4. The molecule has 0 bridgehead atoms. The van der Waals surface area contributed by atoms with E-state index in [2.05, 4.69) is 5.32 Å². The molecule has 1 rings (SSSR count). The van der Waals surface area contributed by atoms with Crippen molar-refractivity contribution in [1.82, 2.24) is 10.2 Å². The molecule has 1 unspecified atom stereocenters. The van der Waals surface area contributed by atoms with Gasteiger partial charge in [-0.25, -0.2) is 9.59 Å². The van der Waals surface area contributed by atoms with Crippen LogP contribution in [0, 0.1) is 0 Å². The predicted molar refractivity (Wildman–Crippen MR) is 125 cm³/mol. The van der Waals surface area contributed by atoms with Crippen molar-refractivity contribution >= 4 is 12.2 Å². The second kappa shape index (κ2) is 10.8. The van der Waals surface area contributed by atoms with Gasteiger partial charge in [-0.2, -0.15) is 0 Å². The van der Waals surface area contributed by atoms with Gasteiger partial charge in [-0.1, -0.05) is 0 Å². The first-order chi connectivity index (χ1) is 16.9.